The van der Waals surface area contributed by atoms with Crippen LogP contribution < -0.4 is 4.74 Å². The zero-order chi connectivity index (χ0) is 21.4. The Morgan fingerprint density at radius 2 is 1.97 bits per heavy atom. The Hall–Kier alpha value is -3.19. The third-order valence-electron chi connectivity index (χ3n) is 5.43. The van der Waals surface area contributed by atoms with Crippen LogP contribution in [0.5, 0.6) is 5.75 Å². The van der Waals surface area contributed by atoms with Crippen molar-refractivity contribution in [2.75, 3.05) is 20.3 Å². The van der Waals surface area contributed by atoms with Gasteiger partial charge in [0.05, 0.1) is 18.2 Å². The first-order valence-electron chi connectivity index (χ1n) is 9.73. The minimum absolute atomic E-state index is 0.0189. The number of ketones is 1. The largest absolute Gasteiger partial charge is 0.507 e. The van der Waals surface area contributed by atoms with E-state index in [1.54, 1.807) is 18.2 Å². The van der Waals surface area contributed by atoms with Gasteiger partial charge in [0.1, 0.15) is 23.4 Å². The first-order valence-corrected chi connectivity index (χ1v) is 9.73. The van der Waals surface area contributed by atoms with Crippen molar-refractivity contribution in [1.29, 1.82) is 0 Å². The fraction of sp³-hybridized carbons (Fsp3) is 0.304. The summed E-state index contributed by atoms with van der Waals surface area (Å²) in [7, 11) is 1.50. The molecule has 4 rings (SSSR count). The zero-order valence-electron chi connectivity index (χ0n) is 16.7. The van der Waals surface area contributed by atoms with Gasteiger partial charge in [-0.2, -0.15) is 0 Å². The molecule has 1 amide bonds. The van der Waals surface area contributed by atoms with Crippen LogP contribution in [0.15, 0.2) is 48.0 Å². The molecule has 1 fully saturated rings. The van der Waals surface area contributed by atoms with Gasteiger partial charge in [0.25, 0.3) is 11.7 Å². The van der Waals surface area contributed by atoms with E-state index >= 15 is 0 Å². The number of Topliss-reactive ketones (excluding diaryl/α,β-unsaturated/α-hetero) is 1. The van der Waals surface area contributed by atoms with Gasteiger partial charge < -0.3 is 19.5 Å². The Balaban J connectivity index is 1.82. The fourth-order valence-corrected chi connectivity index (χ4v) is 4.02. The highest BCUT2D eigenvalue weighted by atomic mass is 19.1. The highest BCUT2D eigenvalue weighted by Gasteiger charge is 2.46. The SMILES string of the molecule is COCCN1C(=O)C(=O)/C(=C(/O)c2ccc3c(c2)CC(C)O3)C1c1ccc(F)cc1. The summed E-state index contributed by atoms with van der Waals surface area (Å²) in [5.41, 5.74) is 1.88. The van der Waals surface area contributed by atoms with E-state index in [-0.39, 0.29) is 30.6 Å². The fourth-order valence-electron chi connectivity index (χ4n) is 4.02. The zero-order valence-corrected chi connectivity index (χ0v) is 16.7. The van der Waals surface area contributed by atoms with E-state index in [9.17, 15) is 19.1 Å². The van der Waals surface area contributed by atoms with Crippen LogP contribution in [0.1, 0.15) is 29.7 Å². The lowest BCUT2D eigenvalue weighted by atomic mass is 9.94. The van der Waals surface area contributed by atoms with E-state index in [0.717, 1.165) is 11.3 Å². The normalized spacial score (nSPS) is 22.3. The van der Waals surface area contributed by atoms with E-state index in [2.05, 4.69) is 0 Å². The Labute approximate surface area is 173 Å². The molecule has 2 aromatic carbocycles. The molecular formula is C23H22FNO5. The number of halogens is 1. The second-order valence-electron chi connectivity index (χ2n) is 7.49. The average molecular weight is 411 g/mol. The molecule has 2 heterocycles. The molecule has 1 N–H and O–H groups in total. The van der Waals surface area contributed by atoms with Crippen LogP contribution in [0, 0.1) is 5.82 Å². The van der Waals surface area contributed by atoms with Crippen LogP contribution in [-0.2, 0) is 20.7 Å². The average Bonchev–Trinajstić information content (AvgIpc) is 3.22. The maximum atomic E-state index is 13.5. The number of ether oxygens (including phenoxy) is 2. The predicted molar refractivity (Wildman–Crippen MR) is 108 cm³/mol. The molecule has 0 aromatic heterocycles. The molecule has 0 bridgehead atoms. The summed E-state index contributed by atoms with van der Waals surface area (Å²) >= 11 is 0. The highest BCUT2D eigenvalue weighted by molar-refractivity contribution is 6.46. The summed E-state index contributed by atoms with van der Waals surface area (Å²) in [6, 6.07) is 9.91. The lowest BCUT2D eigenvalue weighted by Gasteiger charge is -2.25. The molecule has 2 aliphatic heterocycles. The summed E-state index contributed by atoms with van der Waals surface area (Å²) in [5, 5.41) is 11.1. The van der Waals surface area contributed by atoms with Crippen molar-refractivity contribution >= 4 is 17.4 Å². The van der Waals surface area contributed by atoms with Crippen LogP contribution >= 0.6 is 0 Å². The van der Waals surface area contributed by atoms with E-state index in [1.165, 1.54) is 36.3 Å². The van der Waals surface area contributed by atoms with Gasteiger partial charge in [-0.3, -0.25) is 9.59 Å². The number of nitrogens with zero attached hydrogens (tertiary/aromatic N) is 1. The summed E-state index contributed by atoms with van der Waals surface area (Å²) in [6.45, 7) is 2.34. The summed E-state index contributed by atoms with van der Waals surface area (Å²) in [6.07, 6.45) is 0.733. The Morgan fingerprint density at radius 3 is 2.67 bits per heavy atom. The van der Waals surface area contributed by atoms with Gasteiger partial charge in [0, 0.05) is 25.6 Å². The Morgan fingerprint density at radius 1 is 1.23 bits per heavy atom. The molecule has 0 spiro atoms. The topological polar surface area (TPSA) is 76.1 Å². The van der Waals surface area contributed by atoms with Gasteiger partial charge >= 0.3 is 0 Å². The second kappa shape index (κ2) is 7.91. The molecule has 6 nitrogen and oxygen atoms in total. The number of aliphatic hydroxyl groups excluding tert-OH is 1. The number of hydrogen-bond acceptors (Lipinski definition) is 5. The van der Waals surface area contributed by atoms with Crippen LogP contribution in [-0.4, -0.2) is 48.1 Å². The maximum Gasteiger partial charge on any atom is 0.295 e. The maximum absolute atomic E-state index is 13.5. The molecule has 0 aliphatic carbocycles. The van der Waals surface area contributed by atoms with Gasteiger partial charge in [0.15, 0.2) is 0 Å². The van der Waals surface area contributed by atoms with Crippen molar-refractivity contribution in [3.8, 4) is 5.75 Å². The minimum atomic E-state index is -0.829. The van der Waals surface area contributed by atoms with E-state index < -0.39 is 23.5 Å². The van der Waals surface area contributed by atoms with Crippen molar-refractivity contribution in [2.45, 2.75) is 25.5 Å². The van der Waals surface area contributed by atoms with E-state index in [0.29, 0.717) is 17.5 Å². The Kier molecular flexibility index (Phi) is 5.30. The summed E-state index contributed by atoms with van der Waals surface area (Å²) in [5.74, 6) is -1.44. The van der Waals surface area contributed by atoms with Crippen molar-refractivity contribution in [2.24, 2.45) is 0 Å². The number of amides is 1. The van der Waals surface area contributed by atoms with Crippen molar-refractivity contribution in [3.05, 3.63) is 70.5 Å². The monoisotopic (exact) mass is 411 g/mol. The minimum Gasteiger partial charge on any atom is -0.507 e. The van der Waals surface area contributed by atoms with Gasteiger partial charge in [-0.1, -0.05) is 12.1 Å². The highest BCUT2D eigenvalue weighted by Crippen LogP contribution is 2.40. The van der Waals surface area contributed by atoms with Crippen molar-refractivity contribution in [1.82, 2.24) is 4.90 Å². The molecule has 30 heavy (non-hydrogen) atoms. The number of carbonyl (C=O) groups is 2. The lowest BCUT2D eigenvalue weighted by Crippen LogP contribution is -2.32. The number of benzene rings is 2. The number of rotatable bonds is 5. The van der Waals surface area contributed by atoms with Crippen molar-refractivity contribution in [3.63, 3.8) is 0 Å². The third-order valence-corrected chi connectivity index (χ3v) is 5.43. The van der Waals surface area contributed by atoms with Crippen LogP contribution in [0.4, 0.5) is 4.39 Å². The summed E-state index contributed by atoms with van der Waals surface area (Å²) < 4.78 is 24.2. The molecule has 7 heteroatoms. The van der Waals surface area contributed by atoms with E-state index in [1.807, 2.05) is 6.92 Å². The number of hydrogen-bond donors (Lipinski definition) is 1. The number of methoxy groups -OCH3 is 1. The smallest absolute Gasteiger partial charge is 0.295 e. The molecule has 1 saturated heterocycles. The molecule has 0 saturated carbocycles. The van der Waals surface area contributed by atoms with Crippen LogP contribution in [0.3, 0.4) is 0 Å². The van der Waals surface area contributed by atoms with Crippen LogP contribution in [0.25, 0.3) is 5.76 Å². The number of likely N-dealkylation sites (tertiary alicyclic amines) is 1. The molecule has 0 radical (unpaired) electrons. The Bertz CT molecular complexity index is 1030. The molecule has 2 atom stereocenters. The van der Waals surface area contributed by atoms with Crippen molar-refractivity contribution < 1.29 is 28.6 Å². The number of fused-ring (bicyclic) bond motifs is 1. The van der Waals surface area contributed by atoms with Gasteiger partial charge in [-0.25, -0.2) is 4.39 Å². The van der Waals surface area contributed by atoms with E-state index in [4.69, 9.17) is 9.47 Å². The lowest BCUT2D eigenvalue weighted by molar-refractivity contribution is -0.140. The van der Waals surface area contributed by atoms with Gasteiger partial charge in [-0.05, 0) is 48.4 Å². The second-order valence-corrected chi connectivity index (χ2v) is 7.49. The number of aliphatic hydroxyl groups is 1. The quantitative estimate of drug-likeness (QED) is 0.465. The molecule has 2 unspecified atom stereocenters. The first kappa shape index (κ1) is 20.1. The third kappa shape index (κ3) is 3.45. The standard InChI is InChI=1S/C23H22FNO5/c1-13-11-16-12-15(5-8-18(16)30-13)21(26)19-20(14-3-6-17(24)7-4-14)25(9-10-29-2)23(28)22(19)27/h3-8,12-13,20,26H,9-11H2,1-2H3/b21-19+. The molecular weight excluding hydrogens is 389 g/mol. The van der Waals surface area contributed by atoms with Gasteiger partial charge in [-0.15, -0.1) is 0 Å². The number of carbonyl (C=O) groups excluding carboxylic acids is 2. The molecule has 156 valence electrons. The molecule has 2 aromatic rings. The first-order chi connectivity index (χ1) is 14.4. The van der Waals surface area contributed by atoms with Crippen LogP contribution in [0.2, 0.25) is 0 Å². The summed E-state index contributed by atoms with van der Waals surface area (Å²) in [4.78, 5) is 27.0. The van der Waals surface area contributed by atoms with Gasteiger partial charge in [0.2, 0.25) is 0 Å². The predicted octanol–water partition coefficient (Wildman–Crippen LogP) is 3.22. The molecule has 2 aliphatic rings.